The minimum Gasteiger partial charge on any atom is -0.258 e. The third-order valence-electron chi connectivity index (χ3n) is 2.23. The van der Waals surface area contributed by atoms with E-state index in [0.717, 1.165) is 12.1 Å². The van der Waals surface area contributed by atoms with Crippen molar-refractivity contribution in [2.45, 2.75) is 17.2 Å². The maximum absolute atomic E-state index is 12.7. The van der Waals surface area contributed by atoms with Crippen molar-refractivity contribution in [1.29, 1.82) is 0 Å². The highest BCUT2D eigenvalue weighted by Gasteiger charge is 2.42. The smallest absolute Gasteiger partial charge is 0.258 e. The SMILES string of the molecule is O=[N+]([O-])c1ccc(Br)cc1S(=O)(=O)NCC(F)(F)C(F)F. The number of hydrogen-bond donors (Lipinski definition) is 1. The lowest BCUT2D eigenvalue weighted by molar-refractivity contribution is -0.387. The normalized spacial score (nSPS) is 12.7. The van der Waals surface area contributed by atoms with Crippen molar-refractivity contribution in [3.05, 3.63) is 32.8 Å². The molecule has 0 amide bonds. The molecule has 0 radical (unpaired) electrons. The molecule has 0 spiro atoms. The predicted octanol–water partition coefficient (Wildman–Crippen LogP) is 2.54. The molecule has 0 aromatic heterocycles. The molecule has 0 atom stereocenters. The van der Waals surface area contributed by atoms with E-state index in [9.17, 15) is 36.1 Å². The van der Waals surface area contributed by atoms with Gasteiger partial charge in [0, 0.05) is 10.5 Å². The molecule has 21 heavy (non-hydrogen) atoms. The molecule has 0 saturated heterocycles. The van der Waals surface area contributed by atoms with E-state index in [2.05, 4.69) is 15.9 Å². The van der Waals surface area contributed by atoms with Gasteiger partial charge in [0.1, 0.15) is 0 Å². The predicted molar refractivity (Wildman–Crippen MR) is 66.9 cm³/mol. The molecule has 1 aromatic carbocycles. The van der Waals surface area contributed by atoms with Crippen LogP contribution in [0, 0.1) is 10.1 Å². The average molecular weight is 395 g/mol. The minimum atomic E-state index is -4.76. The Balaban J connectivity index is 3.15. The second-order valence-corrected chi connectivity index (χ2v) is 6.41. The number of halogens is 5. The highest BCUT2D eigenvalue weighted by molar-refractivity contribution is 9.10. The summed E-state index contributed by atoms with van der Waals surface area (Å²) in [5, 5.41) is 10.7. The van der Waals surface area contributed by atoms with Gasteiger partial charge in [0.25, 0.3) is 5.69 Å². The number of rotatable bonds is 6. The van der Waals surface area contributed by atoms with Gasteiger partial charge in [-0.25, -0.2) is 21.9 Å². The van der Waals surface area contributed by atoms with Crippen molar-refractivity contribution in [3.8, 4) is 0 Å². The second kappa shape index (κ2) is 6.23. The molecule has 0 fully saturated rings. The zero-order chi connectivity index (χ0) is 16.4. The first-order chi connectivity index (χ1) is 9.47. The van der Waals surface area contributed by atoms with Gasteiger partial charge in [0.05, 0.1) is 11.5 Å². The van der Waals surface area contributed by atoms with E-state index >= 15 is 0 Å². The lowest BCUT2D eigenvalue weighted by Crippen LogP contribution is -2.41. The quantitative estimate of drug-likeness (QED) is 0.456. The van der Waals surface area contributed by atoms with Gasteiger partial charge in [-0.2, -0.15) is 8.78 Å². The van der Waals surface area contributed by atoms with E-state index in [4.69, 9.17) is 0 Å². The summed E-state index contributed by atoms with van der Waals surface area (Å²) in [5.41, 5.74) is -0.869. The Labute approximate surface area is 124 Å². The van der Waals surface area contributed by atoms with Crippen molar-refractivity contribution in [3.63, 3.8) is 0 Å². The molecular weight excluding hydrogens is 388 g/mol. The summed E-state index contributed by atoms with van der Waals surface area (Å²) in [4.78, 5) is 8.77. The first-order valence-electron chi connectivity index (χ1n) is 5.07. The van der Waals surface area contributed by atoms with Crippen LogP contribution in [0.25, 0.3) is 0 Å². The Morgan fingerprint density at radius 1 is 1.38 bits per heavy atom. The molecule has 1 aromatic rings. The van der Waals surface area contributed by atoms with Gasteiger partial charge in [0.15, 0.2) is 4.90 Å². The Bertz CT molecular complexity index is 653. The Morgan fingerprint density at radius 2 is 1.95 bits per heavy atom. The monoisotopic (exact) mass is 394 g/mol. The molecule has 0 aliphatic carbocycles. The van der Waals surface area contributed by atoms with Crippen LogP contribution in [0.15, 0.2) is 27.6 Å². The van der Waals surface area contributed by atoms with Crippen LogP contribution in [0.3, 0.4) is 0 Å². The first-order valence-corrected chi connectivity index (χ1v) is 7.34. The van der Waals surface area contributed by atoms with Crippen molar-refractivity contribution in [2.75, 3.05) is 6.54 Å². The fourth-order valence-electron chi connectivity index (χ4n) is 1.20. The van der Waals surface area contributed by atoms with Gasteiger partial charge in [-0.3, -0.25) is 10.1 Å². The number of nitrogens with zero attached hydrogens (tertiary/aromatic N) is 1. The summed E-state index contributed by atoms with van der Waals surface area (Å²) in [6, 6.07) is 2.82. The number of nitro benzene ring substituents is 1. The van der Waals surface area contributed by atoms with Crippen molar-refractivity contribution in [2.24, 2.45) is 0 Å². The summed E-state index contributed by atoms with van der Waals surface area (Å²) in [6.45, 7) is -1.88. The summed E-state index contributed by atoms with van der Waals surface area (Å²) < 4.78 is 74.2. The molecule has 0 saturated carbocycles. The zero-order valence-electron chi connectivity index (χ0n) is 9.89. The first kappa shape index (κ1) is 17.8. The second-order valence-electron chi connectivity index (χ2n) is 3.76. The summed E-state index contributed by atoms with van der Waals surface area (Å²) in [6.07, 6.45) is -4.07. The number of sulfonamides is 1. The van der Waals surface area contributed by atoms with E-state index in [1.165, 1.54) is 10.8 Å². The van der Waals surface area contributed by atoms with Gasteiger partial charge < -0.3 is 0 Å². The molecule has 1 rings (SSSR count). The van der Waals surface area contributed by atoms with Gasteiger partial charge >= 0.3 is 12.3 Å². The largest absolute Gasteiger partial charge is 0.320 e. The third kappa shape index (κ3) is 4.35. The minimum absolute atomic E-state index is 0.133. The number of nitrogens with one attached hydrogen (secondary N) is 1. The standard InChI is InChI=1S/C9H7BrF4N2O4S/c10-5-1-2-6(16(17)18)7(3-5)21(19,20)15-4-9(13,14)8(11)12/h1-3,8,15H,4H2. The molecule has 118 valence electrons. The Morgan fingerprint density at radius 3 is 2.43 bits per heavy atom. The van der Waals surface area contributed by atoms with Gasteiger partial charge in [-0.15, -0.1) is 0 Å². The lowest BCUT2D eigenvalue weighted by Gasteiger charge is -2.16. The molecule has 6 nitrogen and oxygen atoms in total. The molecule has 0 unspecified atom stereocenters. The topological polar surface area (TPSA) is 89.3 Å². The maximum atomic E-state index is 12.7. The molecule has 0 heterocycles. The Kier molecular flexibility index (Phi) is 5.28. The molecule has 0 bridgehead atoms. The van der Waals surface area contributed by atoms with Gasteiger partial charge in [-0.1, -0.05) is 15.9 Å². The Hall–Kier alpha value is -1.27. The van der Waals surface area contributed by atoms with Crippen LogP contribution in [0.1, 0.15) is 0 Å². The maximum Gasteiger partial charge on any atom is 0.320 e. The molecule has 0 aliphatic rings. The van der Waals surface area contributed by atoms with Crippen molar-refractivity contribution < 1.29 is 30.9 Å². The highest BCUT2D eigenvalue weighted by atomic mass is 79.9. The molecule has 1 N–H and O–H groups in total. The molecule has 0 aliphatic heterocycles. The van der Waals surface area contributed by atoms with Crippen LogP contribution in [0.5, 0.6) is 0 Å². The number of hydrogen-bond acceptors (Lipinski definition) is 4. The van der Waals surface area contributed by atoms with Crippen LogP contribution in [0.2, 0.25) is 0 Å². The van der Waals surface area contributed by atoms with Crippen LogP contribution in [-0.2, 0) is 10.0 Å². The fraction of sp³-hybridized carbons (Fsp3) is 0.333. The number of nitro groups is 1. The molecule has 12 heteroatoms. The summed E-state index contributed by atoms with van der Waals surface area (Å²) in [7, 11) is -4.76. The highest BCUT2D eigenvalue weighted by Crippen LogP contribution is 2.28. The van der Waals surface area contributed by atoms with Crippen molar-refractivity contribution >= 4 is 31.6 Å². The molecular formula is C9H7BrF4N2O4S. The van der Waals surface area contributed by atoms with Crippen LogP contribution in [0.4, 0.5) is 23.2 Å². The van der Waals surface area contributed by atoms with Gasteiger partial charge in [-0.05, 0) is 12.1 Å². The van der Waals surface area contributed by atoms with E-state index in [-0.39, 0.29) is 4.47 Å². The number of alkyl halides is 4. The van der Waals surface area contributed by atoms with Crippen LogP contribution < -0.4 is 4.72 Å². The van der Waals surface area contributed by atoms with Crippen LogP contribution >= 0.6 is 15.9 Å². The zero-order valence-corrected chi connectivity index (χ0v) is 12.3. The summed E-state index contributed by atoms with van der Waals surface area (Å²) >= 11 is 2.87. The number of benzene rings is 1. The average Bonchev–Trinajstić information content (AvgIpc) is 2.36. The fourth-order valence-corrected chi connectivity index (χ4v) is 2.95. The van der Waals surface area contributed by atoms with Crippen molar-refractivity contribution in [1.82, 2.24) is 4.72 Å². The van der Waals surface area contributed by atoms with E-state index in [1.807, 2.05) is 0 Å². The van der Waals surface area contributed by atoms with E-state index in [1.54, 1.807) is 0 Å². The van der Waals surface area contributed by atoms with Gasteiger partial charge in [0.2, 0.25) is 10.0 Å². The van der Waals surface area contributed by atoms with E-state index in [0.29, 0.717) is 0 Å². The van der Waals surface area contributed by atoms with Crippen LogP contribution in [-0.4, -0.2) is 32.2 Å². The lowest BCUT2D eigenvalue weighted by atomic mass is 10.3. The van der Waals surface area contributed by atoms with E-state index < -0.39 is 44.4 Å². The summed E-state index contributed by atoms with van der Waals surface area (Å²) in [5.74, 6) is -4.59. The third-order valence-corrected chi connectivity index (χ3v) is 4.15.